The van der Waals surface area contributed by atoms with Crippen molar-refractivity contribution < 1.29 is 9.66 Å². The second-order valence-corrected chi connectivity index (χ2v) is 6.60. The molecule has 1 aliphatic heterocycles. The van der Waals surface area contributed by atoms with Gasteiger partial charge in [-0.05, 0) is 37.5 Å². The predicted molar refractivity (Wildman–Crippen MR) is 100 cm³/mol. The lowest BCUT2D eigenvalue weighted by molar-refractivity contribution is -0.385. The lowest BCUT2D eigenvalue weighted by Crippen LogP contribution is -2.34. The number of nitro benzene ring substituents is 1. The molecule has 1 aliphatic rings. The second-order valence-electron chi connectivity index (χ2n) is 6.25. The summed E-state index contributed by atoms with van der Waals surface area (Å²) >= 11 is 5.38. The summed E-state index contributed by atoms with van der Waals surface area (Å²) in [6.45, 7) is 2.75. The van der Waals surface area contributed by atoms with Crippen LogP contribution in [0.25, 0.3) is 0 Å². The van der Waals surface area contributed by atoms with Gasteiger partial charge in [-0.15, -0.1) is 0 Å². The molecular weight excluding hydrogens is 336 g/mol. The molecule has 0 N–H and O–H groups in total. The maximum absolute atomic E-state index is 11.0. The summed E-state index contributed by atoms with van der Waals surface area (Å²) in [4.78, 5) is 12.6. The molecule has 0 aliphatic carbocycles. The molecule has 0 amide bonds. The Kier molecular flexibility index (Phi) is 5.28. The molecule has 2 atom stereocenters. The highest BCUT2D eigenvalue weighted by Crippen LogP contribution is 2.30. The molecular formula is C19H20N2O3S. The highest BCUT2D eigenvalue weighted by molar-refractivity contribution is 7.80. The van der Waals surface area contributed by atoms with Crippen molar-refractivity contribution in [2.24, 2.45) is 0 Å². The summed E-state index contributed by atoms with van der Waals surface area (Å²) in [5.74, 6) is 0. The van der Waals surface area contributed by atoms with E-state index in [2.05, 4.69) is 24.0 Å². The summed E-state index contributed by atoms with van der Waals surface area (Å²) in [5, 5.41) is 11.4. The molecule has 1 fully saturated rings. The Hall–Kier alpha value is -2.47. The van der Waals surface area contributed by atoms with Gasteiger partial charge in [0.15, 0.2) is 0 Å². The standard InChI is InChI=1S/C19H20N2O3S/c1-14(10-11-15-6-3-2-4-7-15)20-13-18(24-19(20)25)16-8-5-9-17(12-16)21(22)23/h2-9,12,14,18H,10-11,13H2,1H3/t14-,18+/m1/s1. The van der Waals surface area contributed by atoms with Gasteiger partial charge in [-0.2, -0.15) is 0 Å². The van der Waals surface area contributed by atoms with Crippen molar-refractivity contribution in [3.63, 3.8) is 0 Å². The zero-order valence-corrected chi connectivity index (χ0v) is 14.8. The lowest BCUT2D eigenvalue weighted by atomic mass is 10.0. The number of aryl methyl sites for hydroxylation is 1. The zero-order chi connectivity index (χ0) is 17.8. The fraction of sp³-hybridized carbons (Fsp3) is 0.316. The topological polar surface area (TPSA) is 55.6 Å². The minimum absolute atomic E-state index is 0.0718. The molecule has 1 heterocycles. The van der Waals surface area contributed by atoms with Crippen LogP contribution in [0.15, 0.2) is 54.6 Å². The summed E-state index contributed by atoms with van der Waals surface area (Å²) < 4.78 is 5.80. The van der Waals surface area contributed by atoms with Gasteiger partial charge in [-0.3, -0.25) is 10.1 Å². The predicted octanol–water partition coefficient (Wildman–Crippen LogP) is 4.27. The van der Waals surface area contributed by atoms with Crippen LogP contribution in [0, 0.1) is 10.1 Å². The molecule has 0 radical (unpaired) electrons. The summed E-state index contributed by atoms with van der Waals surface area (Å²) in [6, 6.07) is 17.2. The molecule has 0 aromatic heterocycles. The highest BCUT2D eigenvalue weighted by Gasteiger charge is 2.32. The highest BCUT2D eigenvalue weighted by atomic mass is 32.1. The fourth-order valence-corrected chi connectivity index (χ4v) is 3.40. The van der Waals surface area contributed by atoms with E-state index in [9.17, 15) is 10.1 Å². The van der Waals surface area contributed by atoms with Crippen LogP contribution in [-0.2, 0) is 11.2 Å². The molecule has 0 saturated carbocycles. The van der Waals surface area contributed by atoms with Gasteiger partial charge in [-0.25, -0.2) is 0 Å². The van der Waals surface area contributed by atoms with Gasteiger partial charge in [0.2, 0.25) is 0 Å². The van der Waals surface area contributed by atoms with Crippen molar-refractivity contribution in [3.05, 3.63) is 75.8 Å². The van der Waals surface area contributed by atoms with E-state index in [0.29, 0.717) is 11.7 Å². The third-order valence-electron chi connectivity index (χ3n) is 4.52. The van der Waals surface area contributed by atoms with Crippen LogP contribution >= 0.6 is 12.2 Å². The van der Waals surface area contributed by atoms with E-state index in [-0.39, 0.29) is 17.8 Å². The van der Waals surface area contributed by atoms with Crippen LogP contribution < -0.4 is 0 Å². The summed E-state index contributed by atoms with van der Waals surface area (Å²) in [7, 11) is 0. The number of thiocarbonyl (C=S) groups is 1. The maximum atomic E-state index is 11.0. The molecule has 6 heteroatoms. The van der Waals surface area contributed by atoms with Crippen LogP contribution in [0.4, 0.5) is 5.69 Å². The Balaban J connectivity index is 1.63. The van der Waals surface area contributed by atoms with Crippen molar-refractivity contribution in [1.82, 2.24) is 4.90 Å². The van der Waals surface area contributed by atoms with Gasteiger partial charge in [0.1, 0.15) is 6.10 Å². The molecule has 130 valence electrons. The Morgan fingerprint density at radius 2 is 2.04 bits per heavy atom. The van der Waals surface area contributed by atoms with Crippen LogP contribution in [0.5, 0.6) is 0 Å². The van der Waals surface area contributed by atoms with Gasteiger partial charge in [0.25, 0.3) is 10.9 Å². The normalized spacial score (nSPS) is 18.0. The fourth-order valence-electron chi connectivity index (χ4n) is 3.03. The molecule has 25 heavy (non-hydrogen) atoms. The first-order valence-electron chi connectivity index (χ1n) is 8.30. The van der Waals surface area contributed by atoms with Crippen LogP contribution in [-0.4, -0.2) is 27.6 Å². The van der Waals surface area contributed by atoms with E-state index in [4.69, 9.17) is 17.0 Å². The van der Waals surface area contributed by atoms with Gasteiger partial charge < -0.3 is 9.64 Å². The lowest BCUT2D eigenvalue weighted by Gasteiger charge is -2.23. The van der Waals surface area contributed by atoms with E-state index >= 15 is 0 Å². The van der Waals surface area contributed by atoms with E-state index in [1.165, 1.54) is 11.6 Å². The number of non-ortho nitro benzene ring substituents is 1. The first-order chi connectivity index (χ1) is 12.0. The molecule has 0 bridgehead atoms. The van der Waals surface area contributed by atoms with Gasteiger partial charge in [0.05, 0.1) is 11.5 Å². The number of hydrogen-bond donors (Lipinski definition) is 0. The number of nitrogens with zero attached hydrogens (tertiary/aromatic N) is 2. The summed E-state index contributed by atoms with van der Waals surface area (Å²) in [6.07, 6.45) is 1.68. The average Bonchev–Trinajstić information content (AvgIpc) is 3.02. The molecule has 2 aromatic carbocycles. The minimum atomic E-state index is -0.392. The van der Waals surface area contributed by atoms with Crippen LogP contribution in [0.2, 0.25) is 0 Å². The van der Waals surface area contributed by atoms with E-state index in [1.807, 2.05) is 24.3 Å². The minimum Gasteiger partial charge on any atom is -0.461 e. The Labute approximate surface area is 152 Å². The third-order valence-corrected chi connectivity index (χ3v) is 4.85. The van der Waals surface area contributed by atoms with Gasteiger partial charge in [0, 0.05) is 23.7 Å². The van der Waals surface area contributed by atoms with Crippen LogP contribution in [0.1, 0.15) is 30.6 Å². The molecule has 0 unspecified atom stereocenters. The van der Waals surface area contributed by atoms with Crippen molar-refractivity contribution in [2.45, 2.75) is 31.9 Å². The number of ether oxygens (including phenoxy) is 1. The number of rotatable bonds is 6. The molecule has 0 spiro atoms. The molecule has 2 aromatic rings. The Bertz CT molecular complexity index is 766. The zero-order valence-electron chi connectivity index (χ0n) is 14.0. The van der Waals surface area contributed by atoms with Crippen LogP contribution in [0.3, 0.4) is 0 Å². The van der Waals surface area contributed by atoms with Gasteiger partial charge in [-0.1, -0.05) is 42.5 Å². The largest absolute Gasteiger partial charge is 0.461 e. The number of benzene rings is 2. The molecule has 5 nitrogen and oxygen atoms in total. The monoisotopic (exact) mass is 356 g/mol. The molecule has 1 saturated heterocycles. The van der Waals surface area contributed by atoms with Crippen molar-refractivity contribution in [1.29, 1.82) is 0 Å². The summed E-state index contributed by atoms with van der Waals surface area (Å²) in [5.41, 5.74) is 2.16. The number of nitro groups is 1. The third kappa shape index (κ3) is 4.14. The average molecular weight is 356 g/mol. The van der Waals surface area contributed by atoms with E-state index in [1.54, 1.807) is 12.1 Å². The van der Waals surface area contributed by atoms with Gasteiger partial charge >= 0.3 is 0 Å². The number of hydrogen-bond acceptors (Lipinski definition) is 4. The maximum Gasteiger partial charge on any atom is 0.269 e. The first-order valence-corrected chi connectivity index (χ1v) is 8.71. The SMILES string of the molecule is C[C@H](CCc1ccccc1)N1C[C@@H](c2cccc([N+](=O)[O-])c2)OC1=S. The van der Waals surface area contributed by atoms with Crippen molar-refractivity contribution >= 4 is 23.1 Å². The Morgan fingerprint density at radius 3 is 2.76 bits per heavy atom. The first kappa shape index (κ1) is 17.4. The van der Waals surface area contributed by atoms with Crippen molar-refractivity contribution in [3.8, 4) is 0 Å². The van der Waals surface area contributed by atoms with E-state index < -0.39 is 4.92 Å². The Morgan fingerprint density at radius 1 is 1.28 bits per heavy atom. The molecule has 3 rings (SSSR count). The second kappa shape index (κ2) is 7.61. The smallest absolute Gasteiger partial charge is 0.269 e. The van der Waals surface area contributed by atoms with E-state index in [0.717, 1.165) is 18.4 Å². The van der Waals surface area contributed by atoms with Crippen molar-refractivity contribution in [2.75, 3.05) is 6.54 Å². The quantitative estimate of drug-likeness (QED) is 0.439.